The van der Waals surface area contributed by atoms with E-state index in [2.05, 4.69) is 10.3 Å². The molecule has 1 amide bonds. The van der Waals surface area contributed by atoms with Crippen LogP contribution in [0.2, 0.25) is 0 Å². The summed E-state index contributed by atoms with van der Waals surface area (Å²) in [7, 11) is -3.47. The van der Waals surface area contributed by atoms with E-state index in [9.17, 15) is 13.2 Å². The first-order valence-electron chi connectivity index (χ1n) is 9.67. The van der Waals surface area contributed by atoms with Crippen molar-refractivity contribution in [3.63, 3.8) is 0 Å². The number of rotatable bonds is 7. The second-order valence-electron chi connectivity index (χ2n) is 7.36. The first kappa shape index (κ1) is 20.5. The summed E-state index contributed by atoms with van der Waals surface area (Å²) < 4.78 is 27.3. The molecule has 6 nitrogen and oxygen atoms in total. The van der Waals surface area contributed by atoms with Gasteiger partial charge in [-0.3, -0.25) is 9.78 Å². The minimum atomic E-state index is -3.47. The van der Waals surface area contributed by atoms with Crippen LogP contribution in [0.4, 0.5) is 0 Å². The first-order valence-corrected chi connectivity index (χ1v) is 11.1. The van der Waals surface area contributed by atoms with Crippen LogP contribution in [0.3, 0.4) is 0 Å². The van der Waals surface area contributed by atoms with Crippen molar-refractivity contribution >= 4 is 15.9 Å². The van der Waals surface area contributed by atoms with Crippen molar-refractivity contribution in [2.24, 2.45) is 5.92 Å². The zero-order valence-electron chi connectivity index (χ0n) is 16.2. The molecule has 150 valence electrons. The SMILES string of the molecule is Cc1ccc(S(=O)(=O)N2CCCC(CCC(=O)NCc3cccnc3)C2)cc1. The highest BCUT2D eigenvalue weighted by molar-refractivity contribution is 7.89. The van der Waals surface area contributed by atoms with Crippen LogP contribution in [0.1, 0.15) is 36.8 Å². The fourth-order valence-corrected chi connectivity index (χ4v) is 5.02. The third kappa shape index (κ3) is 5.39. The quantitative estimate of drug-likeness (QED) is 0.774. The third-order valence-electron chi connectivity index (χ3n) is 5.13. The molecule has 2 aromatic rings. The summed E-state index contributed by atoms with van der Waals surface area (Å²) in [5.41, 5.74) is 2.00. The molecule has 0 radical (unpaired) electrons. The lowest BCUT2D eigenvalue weighted by Crippen LogP contribution is -2.40. The van der Waals surface area contributed by atoms with Gasteiger partial charge in [-0.2, -0.15) is 4.31 Å². The Morgan fingerprint density at radius 1 is 1.25 bits per heavy atom. The van der Waals surface area contributed by atoms with Crippen molar-refractivity contribution in [1.82, 2.24) is 14.6 Å². The Bertz CT molecular complexity index is 883. The number of aryl methyl sites for hydroxylation is 1. The van der Waals surface area contributed by atoms with E-state index in [1.165, 1.54) is 0 Å². The summed E-state index contributed by atoms with van der Waals surface area (Å²) in [6.07, 6.45) is 6.31. The van der Waals surface area contributed by atoms with Crippen molar-refractivity contribution < 1.29 is 13.2 Å². The standard InChI is InChI=1S/C21H27N3O3S/c1-17-6-9-20(10-7-17)28(26,27)24-13-3-5-18(16-24)8-11-21(25)23-15-19-4-2-12-22-14-19/h2,4,6-7,9-10,12,14,18H,3,5,8,11,13,15-16H2,1H3,(H,23,25). The van der Waals surface area contributed by atoms with E-state index in [0.29, 0.717) is 37.4 Å². The van der Waals surface area contributed by atoms with E-state index in [0.717, 1.165) is 24.0 Å². The number of carbonyl (C=O) groups excluding carboxylic acids is 1. The van der Waals surface area contributed by atoms with Crippen molar-refractivity contribution in [2.45, 2.75) is 44.0 Å². The van der Waals surface area contributed by atoms with Gasteiger partial charge in [-0.05, 0) is 55.9 Å². The Morgan fingerprint density at radius 2 is 2.04 bits per heavy atom. The average molecular weight is 402 g/mol. The molecule has 1 atom stereocenters. The molecule has 3 rings (SSSR count). The lowest BCUT2D eigenvalue weighted by molar-refractivity contribution is -0.121. The molecule has 0 spiro atoms. The van der Waals surface area contributed by atoms with Gasteiger partial charge in [-0.1, -0.05) is 23.8 Å². The summed E-state index contributed by atoms with van der Waals surface area (Å²) in [6, 6.07) is 10.7. The first-order chi connectivity index (χ1) is 13.4. The van der Waals surface area contributed by atoms with E-state index in [4.69, 9.17) is 0 Å². The molecule has 0 saturated carbocycles. The number of carbonyl (C=O) groups is 1. The van der Waals surface area contributed by atoms with Gasteiger partial charge in [0.1, 0.15) is 0 Å². The number of nitrogens with zero attached hydrogens (tertiary/aromatic N) is 2. The third-order valence-corrected chi connectivity index (χ3v) is 7.01. The van der Waals surface area contributed by atoms with Gasteiger partial charge in [-0.15, -0.1) is 0 Å². The maximum absolute atomic E-state index is 12.9. The number of sulfonamides is 1. The van der Waals surface area contributed by atoms with Crippen LogP contribution in [-0.2, 0) is 21.4 Å². The average Bonchev–Trinajstić information content (AvgIpc) is 2.72. The van der Waals surface area contributed by atoms with Crippen molar-refractivity contribution in [3.8, 4) is 0 Å². The molecule has 1 saturated heterocycles. The van der Waals surface area contributed by atoms with Crippen LogP contribution in [0.5, 0.6) is 0 Å². The fourth-order valence-electron chi connectivity index (χ4n) is 3.47. The number of nitrogens with one attached hydrogen (secondary N) is 1. The largest absolute Gasteiger partial charge is 0.352 e. The summed E-state index contributed by atoms with van der Waals surface area (Å²) >= 11 is 0. The molecule has 2 heterocycles. The molecule has 1 unspecified atom stereocenters. The Morgan fingerprint density at radius 3 is 2.75 bits per heavy atom. The lowest BCUT2D eigenvalue weighted by atomic mass is 9.94. The van der Waals surface area contributed by atoms with Gasteiger partial charge in [-0.25, -0.2) is 8.42 Å². The summed E-state index contributed by atoms with van der Waals surface area (Å²) in [5, 5.41) is 2.90. The van der Waals surface area contributed by atoms with Crippen LogP contribution < -0.4 is 5.32 Å². The molecule has 1 aliphatic rings. The number of hydrogen-bond acceptors (Lipinski definition) is 4. The number of aromatic nitrogens is 1. The smallest absolute Gasteiger partial charge is 0.243 e. The number of hydrogen-bond donors (Lipinski definition) is 1. The molecule has 0 aliphatic carbocycles. The zero-order valence-corrected chi connectivity index (χ0v) is 17.0. The van der Waals surface area contributed by atoms with Gasteiger partial charge in [0, 0.05) is 38.4 Å². The van der Waals surface area contributed by atoms with Gasteiger partial charge in [0.2, 0.25) is 15.9 Å². The molecular formula is C21H27N3O3S. The summed E-state index contributed by atoms with van der Waals surface area (Å²) in [4.78, 5) is 16.5. The number of benzene rings is 1. The predicted octanol–water partition coefficient (Wildman–Crippen LogP) is 2.89. The van der Waals surface area contributed by atoms with Crippen LogP contribution in [0.15, 0.2) is 53.7 Å². The van der Waals surface area contributed by atoms with E-state index in [1.54, 1.807) is 28.8 Å². The molecule has 28 heavy (non-hydrogen) atoms. The molecule has 1 N–H and O–H groups in total. The van der Waals surface area contributed by atoms with Crippen molar-refractivity contribution in [2.75, 3.05) is 13.1 Å². The number of piperidine rings is 1. The molecule has 1 fully saturated rings. The Labute approximate surface area is 167 Å². The highest BCUT2D eigenvalue weighted by Crippen LogP contribution is 2.26. The topological polar surface area (TPSA) is 79.4 Å². The highest BCUT2D eigenvalue weighted by Gasteiger charge is 2.30. The van der Waals surface area contributed by atoms with Crippen LogP contribution in [-0.4, -0.2) is 36.7 Å². The molecular weight excluding hydrogens is 374 g/mol. The second-order valence-corrected chi connectivity index (χ2v) is 9.30. The van der Waals surface area contributed by atoms with Crippen LogP contribution in [0.25, 0.3) is 0 Å². The Kier molecular flexibility index (Phi) is 6.80. The Balaban J connectivity index is 1.50. The van der Waals surface area contributed by atoms with E-state index >= 15 is 0 Å². The van der Waals surface area contributed by atoms with Gasteiger partial charge in [0.05, 0.1) is 4.90 Å². The van der Waals surface area contributed by atoms with E-state index in [-0.39, 0.29) is 11.8 Å². The van der Waals surface area contributed by atoms with Gasteiger partial charge >= 0.3 is 0 Å². The number of amides is 1. The summed E-state index contributed by atoms with van der Waals surface area (Å²) in [6.45, 7) is 3.42. The predicted molar refractivity (Wildman–Crippen MR) is 108 cm³/mol. The summed E-state index contributed by atoms with van der Waals surface area (Å²) in [5.74, 6) is 0.195. The lowest BCUT2D eigenvalue weighted by Gasteiger charge is -2.32. The van der Waals surface area contributed by atoms with Gasteiger partial charge < -0.3 is 5.32 Å². The maximum atomic E-state index is 12.9. The molecule has 1 aromatic heterocycles. The van der Waals surface area contributed by atoms with Crippen LogP contribution >= 0.6 is 0 Å². The molecule has 1 aromatic carbocycles. The number of pyridine rings is 1. The normalized spacial score (nSPS) is 18.0. The van der Waals surface area contributed by atoms with Crippen molar-refractivity contribution in [3.05, 3.63) is 59.9 Å². The monoisotopic (exact) mass is 401 g/mol. The Hall–Kier alpha value is -2.25. The fraction of sp³-hybridized carbons (Fsp3) is 0.429. The van der Waals surface area contributed by atoms with E-state index < -0.39 is 10.0 Å². The molecule has 7 heteroatoms. The second kappa shape index (κ2) is 9.30. The molecule has 1 aliphatic heterocycles. The minimum Gasteiger partial charge on any atom is -0.352 e. The van der Waals surface area contributed by atoms with Crippen molar-refractivity contribution in [1.29, 1.82) is 0 Å². The molecule has 0 bridgehead atoms. The van der Waals surface area contributed by atoms with Crippen LogP contribution in [0, 0.1) is 12.8 Å². The van der Waals surface area contributed by atoms with Gasteiger partial charge in [0.25, 0.3) is 0 Å². The van der Waals surface area contributed by atoms with Gasteiger partial charge in [0.15, 0.2) is 0 Å². The highest BCUT2D eigenvalue weighted by atomic mass is 32.2. The minimum absolute atomic E-state index is 0.0117. The maximum Gasteiger partial charge on any atom is 0.243 e. The van der Waals surface area contributed by atoms with E-state index in [1.807, 2.05) is 31.2 Å². The zero-order chi connectivity index (χ0) is 20.0.